The summed E-state index contributed by atoms with van der Waals surface area (Å²) in [7, 11) is 0. The van der Waals surface area contributed by atoms with Gasteiger partial charge in [-0.2, -0.15) is 0 Å². The summed E-state index contributed by atoms with van der Waals surface area (Å²) < 4.78 is 0. The van der Waals surface area contributed by atoms with E-state index < -0.39 is 23.8 Å². The number of carbonyl (C=O) groups is 2. The second kappa shape index (κ2) is 6.07. The van der Waals surface area contributed by atoms with Gasteiger partial charge in [-0.15, -0.1) is 0 Å². The van der Waals surface area contributed by atoms with Crippen molar-refractivity contribution in [2.24, 2.45) is 5.92 Å². The number of amides is 1. The van der Waals surface area contributed by atoms with E-state index in [1.165, 1.54) is 13.0 Å². The van der Waals surface area contributed by atoms with Crippen LogP contribution in [0, 0.1) is 5.92 Å². The molecule has 1 rings (SSSR count). The number of hydrogen-bond donors (Lipinski definition) is 2. The molecule has 1 aromatic rings. The van der Waals surface area contributed by atoms with Crippen molar-refractivity contribution in [2.75, 3.05) is 0 Å². The maximum absolute atomic E-state index is 11.9. The summed E-state index contributed by atoms with van der Waals surface area (Å²) in [6.07, 6.45) is 0. The third-order valence-corrected chi connectivity index (χ3v) is 3.51. The number of benzene rings is 1. The minimum atomic E-state index is -0.972. The molecular weight excluding hydrogens is 277 g/mol. The Kier molecular flexibility index (Phi) is 4.99. The van der Waals surface area contributed by atoms with Gasteiger partial charge < -0.3 is 10.4 Å². The first-order valence-electron chi connectivity index (χ1n) is 5.32. The maximum Gasteiger partial charge on any atom is 0.308 e. The van der Waals surface area contributed by atoms with Gasteiger partial charge >= 0.3 is 5.97 Å². The first-order valence-corrected chi connectivity index (χ1v) is 6.08. The lowest BCUT2D eigenvalue weighted by Gasteiger charge is -2.18. The van der Waals surface area contributed by atoms with Crippen LogP contribution >= 0.6 is 23.2 Å². The average Bonchev–Trinajstić information content (AvgIpc) is 2.31. The van der Waals surface area contributed by atoms with Crippen LogP contribution < -0.4 is 5.32 Å². The number of halogens is 2. The van der Waals surface area contributed by atoms with E-state index in [-0.39, 0.29) is 15.6 Å². The van der Waals surface area contributed by atoms with E-state index in [1.54, 1.807) is 19.1 Å². The van der Waals surface area contributed by atoms with Gasteiger partial charge in [-0.25, -0.2) is 0 Å². The van der Waals surface area contributed by atoms with Gasteiger partial charge in [0.15, 0.2) is 0 Å². The summed E-state index contributed by atoms with van der Waals surface area (Å²) >= 11 is 11.7. The standard InChI is InChI=1S/C12H13Cl2NO3/c1-6(12(17)18)7(2)15-11(16)8-4-3-5-9(13)10(8)14/h3-7H,1-2H3,(H,15,16)(H,17,18). The maximum atomic E-state index is 11.9. The van der Waals surface area contributed by atoms with Crippen LogP contribution in [-0.2, 0) is 4.79 Å². The van der Waals surface area contributed by atoms with Crippen molar-refractivity contribution in [2.45, 2.75) is 19.9 Å². The molecule has 1 amide bonds. The van der Waals surface area contributed by atoms with Crippen LogP contribution in [-0.4, -0.2) is 23.0 Å². The molecule has 0 aliphatic carbocycles. The summed E-state index contributed by atoms with van der Waals surface area (Å²) in [4.78, 5) is 22.7. The molecule has 98 valence electrons. The van der Waals surface area contributed by atoms with Crippen LogP contribution in [0.2, 0.25) is 10.0 Å². The van der Waals surface area contributed by atoms with Crippen LogP contribution in [0.5, 0.6) is 0 Å². The fraction of sp³-hybridized carbons (Fsp3) is 0.333. The Bertz CT molecular complexity index is 476. The highest BCUT2D eigenvalue weighted by atomic mass is 35.5. The number of hydrogen-bond acceptors (Lipinski definition) is 2. The molecule has 0 bridgehead atoms. The quantitative estimate of drug-likeness (QED) is 0.896. The van der Waals surface area contributed by atoms with Crippen LogP contribution in [0.15, 0.2) is 18.2 Å². The molecule has 1 aromatic carbocycles. The molecule has 0 saturated heterocycles. The van der Waals surface area contributed by atoms with Crippen molar-refractivity contribution >= 4 is 35.1 Å². The van der Waals surface area contributed by atoms with Gasteiger partial charge in [0.1, 0.15) is 0 Å². The van der Waals surface area contributed by atoms with E-state index in [0.29, 0.717) is 0 Å². The zero-order chi connectivity index (χ0) is 13.9. The first-order chi connectivity index (χ1) is 8.34. The largest absolute Gasteiger partial charge is 0.481 e. The zero-order valence-electron chi connectivity index (χ0n) is 9.91. The lowest BCUT2D eigenvalue weighted by Crippen LogP contribution is -2.40. The Balaban J connectivity index is 2.83. The highest BCUT2D eigenvalue weighted by molar-refractivity contribution is 6.43. The monoisotopic (exact) mass is 289 g/mol. The Morgan fingerprint density at radius 3 is 2.44 bits per heavy atom. The number of aliphatic carboxylic acids is 1. The van der Waals surface area contributed by atoms with Crippen LogP contribution in [0.3, 0.4) is 0 Å². The number of carbonyl (C=O) groups excluding carboxylic acids is 1. The normalized spacial score (nSPS) is 13.8. The number of carboxylic acid groups (broad SMARTS) is 1. The molecule has 0 aliphatic heterocycles. The van der Waals surface area contributed by atoms with E-state index in [9.17, 15) is 9.59 Å². The Labute approximate surface area is 115 Å². The van der Waals surface area contributed by atoms with E-state index in [2.05, 4.69) is 5.32 Å². The fourth-order valence-corrected chi connectivity index (χ4v) is 1.69. The minimum Gasteiger partial charge on any atom is -0.481 e. The van der Waals surface area contributed by atoms with Gasteiger partial charge in [0.2, 0.25) is 0 Å². The Morgan fingerprint density at radius 2 is 1.89 bits per heavy atom. The fourth-order valence-electron chi connectivity index (χ4n) is 1.30. The molecule has 0 aromatic heterocycles. The second-order valence-electron chi connectivity index (χ2n) is 3.99. The van der Waals surface area contributed by atoms with Gasteiger partial charge in [0.05, 0.1) is 21.5 Å². The lowest BCUT2D eigenvalue weighted by molar-refractivity contribution is -0.141. The topological polar surface area (TPSA) is 66.4 Å². The highest BCUT2D eigenvalue weighted by Gasteiger charge is 2.22. The van der Waals surface area contributed by atoms with Crippen molar-refractivity contribution in [3.05, 3.63) is 33.8 Å². The Morgan fingerprint density at radius 1 is 1.28 bits per heavy atom. The van der Waals surface area contributed by atoms with Gasteiger partial charge in [-0.3, -0.25) is 9.59 Å². The van der Waals surface area contributed by atoms with Crippen molar-refractivity contribution in [1.29, 1.82) is 0 Å². The smallest absolute Gasteiger partial charge is 0.308 e. The van der Waals surface area contributed by atoms with Crippen LogP contribution in [0.4, 0.5) is 0 Å². The summed E-state index contributed by atoms with van der Waals surface area (Å²) in [6, 6.07) is 4.20. The predicted molar refractivity (Wildman–Crippen MR) is 70.2 cm³/mol. The van der Waals surface area contributed by atoms with E-state index in [1.807, 2.05) is 0 Å². The number of nitrogens with one attached hydrogen (secondary N) is 1. The predicted octanol–water partition coefficient (Wildman–Crippen LogP) is 2.83. The summed E-state index contributed by atoms with van der Waals surface area (Å²) in [5.41, 5.74) is 0.230. The molecule has 2 N–H and O–H groups in total. The van der Waals surface area contributed by atoms with Crippen molar-refractivity contribution in [1.82, 2.24) is 5.32 Å². The second-order valence-corrected chi connectivity index (χ2v) is 4.78. The molecule has 0 fully saturated rings. The molecular formula is C12H13Cl2NO3. The minimum absolute atomic E-state index is 0.159. The molecule has 18 heavy (non-hydrogen) atoms. The van der Waals surface area contributed by atoms with Gasteiger partial charge in [-0.05, 0) is 26.0 Å². The summed E-state index contributed by atoms with van der Waals surface area (Å²) in [5, 5.41) is 11.9. The molecule has 0 saturated carbocycles. The molecule has 2 unspecified atom stereocenters. The molecule has 4 nitrogen and oxygen atoms in total. The van der Waals surface area contributed by atoms with Gasteiger partial charge in [-0.1, -0.05) is 29.3 Å². The molecule has 6 heteroatoms. The molecule has 0 spiro atoms. The summed E-state index contributed by atoms with van der Waals surface area (Å²) in [5.74, 6) is -2.10. The molecule has 0 aliphatic rings. The number of carboxylic acids is 1. The number of rotatable bonds is 4. The van der Waals surface area contributed by atoms with Crippen molar-refractivity contribution < 1.29 is 14.7 Å². The van der Waals surface area contributed by atoms with Gasteiger partial charge in [0, 0.05) is 6.04 Å². The van der Waals surface area contributed by atoms with E-state index in [0.717, 1.165) is 0 Å². The molecule has 0 radical (unpaired) electrons. The third kappa shape index (κ3) is 3.37. The lowest BCUT2D eigenvalue weighted by atomic mass is 10.0. The van der Waals surface area contributed by atoms with E-state index >= 15 is 0 Å². The summed E-state index contributed by atoms with van der Waals surface area (Å²) in [6.45, 7) is 3.14. The third-order valence-electron chi connectivity index (χ3n) is 2.69. The Hall–Kier alpha value is -1.26. The SMILES string of the molecule is CC(NC(=O)c1cccc(Cl)c1Cl)C(C)C(=O)O. The van der Waals surface area contributed by atoms with E-state index in [4.69, 9.17) is 28.3 Å². The molecule has 2 atom stereocenters. The highest BCUT2D eigenvalue weighted by Crippen LogP contribution is 2.25. The van der Waals surface area contributed by atoms with Crippen molar-refractivity contribution in [3.63, 3.8) is 0 Å². The van der Waals surface area contributed by atoms with Crippen LogP contribution in [0.25, 0.3) is 0 Å². The average molecular weight is 290 g/mol. The van der Waals surface area contributed by atoms with Gasteiger partial charge in [0.25, 0.3) is 5.91 Å². The van der Waals surface area contributed by atoms with Crippen LogP contribution in [0.1, 0.15) is 24.2 Å². The molecule has 0 heterocycles. The zero-order valence-corrected chi connectivity index (χ0v) is 11.4. The first kappa shape index (κ1) is 14.8. The van der Waals surface area contributed by atoms with Crippen molar-refractivity contribution in [3.8, 4) is 0 Å².